The average Bonchev–Trinajstić information content (AvgIpc) is 3.25. The van der Waals surface area contributed by atoms with E-state index in [1.165, 1.54) is 30.5 Å². The Kier molecular flexibility index (Phi) is 3.95. The van der Waals surface area contributed by atoms with Gasteiger partial charge in [-0.25, -0.2) is 9.07 Å². The monoisotopic (exact) mass is 366 g/mol. The molecular weight excluding hydrogens is 351 g/mol. The predicted octanol–water partition coefficient (Wildman–Crippen LogP) is 3.43. The number of hydrogen-bond acceptors (Lipinski definition) is 4. The number of anilines is 1. The fraction of sp³-hybridized carbons (Fsp3) is 0.158. The molecule has 0 bridgehead atoms. The maximum atomic E-state index is 13.1. The van der Waals surface area contributed by atoms with Crippen molar-refractivity contribution in [2.24, 2.45) is 0 Å². The Morgan fingerprint density at radius 1 is 1.22 bits per heavy atom. The number of hydrogen-bond donors (Lipinski definition) is 0. The molecule has 2 aromatic carbocycles. The van der Waals surface area contributed by atoms with E-state index in [4.69, 9.17) is 0 Å². The van der Waals surface area contributed by atoms with Crippen LogP contribution in [0.25, 0.3) is 5.69 Å². The van der Waals surface area contributed by atoms with E-state index < -0.39 is 4.92 Å². The molecule has 1 aliphatic heterocycles. The summed E-state index contributed by atoms with van der Waals surface area (Å²) in [4.78, 5) is 25.2. The molecule has 0 spiro atoms. The van der Waals surface area contributed by atoms with Gasteiger partial charge in [0.15, 0.2) is 0 Å². The standard InChI is InChI=1S/C19H15FN4O3/c1-12-17(11-21-23(12)15-6-3-14(20)4-7-15)19(25)22-9-8-13-2-5-16(24(26)27)10-18(13)22/h2-7,10-11H,8-9H2,1H3. The van der Waals surface area contributed by atoms with E-state index in [0.717, 1.165) is 5.56 Å². The molecule has 8 heteroatoms. The number of aromatic nitrogens is 2. The van der Waals surface area contributed by atoms with Crippen molar-refractivity contribution < 1.29 is 14.1 Å². The van der Waals surface area contributed by atoms with E-state index in [1.54, 1.807) is 34.7 Å². The normalized spacial score (nSPS) is 12.9. The SMILES string of the molecule is Cc1c(C(=O)N2CCc3ccc([N+](=O)[O-])cc32)cnn1-c1ccc(F)cc1. The summed E-state index contributed by atoms with van der Waals surface area (Å²) in [5, 5.41) is 15.3. The highest BCUT2D eigenvalue weighted by Gasteiger charge is 2.29. The first-order chi connectivity index (χ1) is 13.0. The van der Waals surface area contributed by atoms with Gasteiger partial charge in [0.1, 0.15) is 5.82 Å². The van der Waals surface area contributed by atoms with Gasteiger partial charge in [0.05, 0.1) is 33.8 Å². The average molecular weight is 366 g/mol. The summed E-state index contributed by atoms with van der Waals surface area (Å²) in [5.74, 6) is -0.616. The fourth-order valence-corrected chi connectivity index (χ4v) is 3.30. The molecule has 0 fully saturated rings. The summed E-state index contributed by atoms with van der Waals surface area (Å²) < 4.78 is 14.7. The number of nitro benzene ring substituents is 1. The summed E-state index contributed by atoms with van der Waals surface area (Å²) in [7, 11) is 0. The van der Waals surface area contributed by atoms with Crippen LogP contribution in [0.2, 0.25) is 0 Å². The number of benzene rings is 2. The van der Waals surface area contributed by atoms with E-state index in [1.807, 2.05) is 0 Å². The Labute approximate surface area is 153 Å². The van der Waals surface area contributed by atoms with Crippen LogP contribution in [0.5, 0.6) is 0 Å². The molecule has 0 saturated heterocycles. The van der Waals surface area contributed by atoms with Gasteiger partial charge in [0.2, 0.25) is 0 Å². The van der Waals surface area contributed by atoms with Crippen molar-refractivity contribution >= 4 is 17.3 Å². The molecule has 0 radical (unpaired) electrons. The predicted molar refractivity (Wildman–Crippen MR) is 96.7 cm³/mol. The molecule has 0 saturated carbocycles. The molecule has 3 aromatic rings. The van der Waals surface area contributed by atoms with E-state index >= 15 is 0 Å². The van der Waals surface area contributed by atoms with Crippen LogP contribution < -0.4 is 4.90 Å². The lowest BCUT2D eigenvalue weighted by Crippen LogP contribution is -2.29. The zero-order valence-corrected chi connectivity index (χ0v) is 14.4. The van der Waals surface area contributed by atoms with E-state index in [9.17, 15) is 19.3 Å². The first kappa shape index (κ1) is 16.9. The molecule has 0 N–H and O–H groups in total. The number of carbonyl (C=O) groups is 1. The molecule has 0 unspecified atom stereocenters. The van der Waals surface area contributed by atoms with Crippen molar-refractivity contribution in [3.05, 3.63) is 81.4 Å². The lowest BCUT2D eigenvalue weighted by Gasteiger charge is -2.17. The fourth-order valence-electron chi connectivity index (χ4n) is 3.30. The molecule has 7 nitrogen and oxygen atoms in total. The van der Waals surface area contributed by atoms with Gasteiger partial charge in [0, 0.05) is 18.7 Å². The maximum absolute atomic E-state index is 13.1. The first-order valence-corrected chi connectivity index (χ1v) is 8.35. The lowest BCUT2D eigenvalue weighted by molar-refractivity contribution is -0.384. The van der Waals surface area contributed by atoms with Gasteiger partial charge in [-0.15, -0.1) is 0 Å². The Balaban J connectivity index is 1.69. The second-order valence-corrected chi connectivity index (χ2v) is 6.31. The van der Waals surface area contributed by atoms with Gasteiger partial charge in [0.25, 0.3) is 11.6 Å². The van der Waals surface area contributed by atoms with Gasteiger partial charge in [-0.05, 0) is 43.2 Å². The van der Waals surface area contributed by atoms with Crippen LogP contribution in [0, 0.1) is 22.9 Å². The number of non-ortho nitro benzene ring substituents is 1. The highest BCUT2D eigenvalue weighted by atomic mass is 19.1. The number of rotatable bonds is 3. The topological polar surface area (TPSA) is 81.3 Å². The second-order valence-electron chi connectivity index (χ2n) is 6.31. The number of halogens is 1. The minimum absolute atomic E-state index is 0.0489. The summed E-state index contributed by atoms with van der Waals surface area (Å²) in [6.45, 7) is 2.21. The van der Waals surface area contributed by atoms with E-state index in [-0.39, 0.29) is 17.4 Å². The minimum Gasteiger partial charge on any atom is -0.307 e. The molecule has 1 aromatic heterocycles. The van der Waals surface area contributed by atoms with Crippen LogP contribution >= 0.6 is 0 Å². The Hall–Kier alpha value is -3.55. The third kappa shape index (κ3) is 2.84. The highest BCUT2D eigenvalue weighted by molar-refractivity contribution is 6.08. The smallest absolute Gasteiger partial charge is 0.271 e. The van der Waals surface area contributed by atoms with Crippen LogP contribution in [0.4, 0.5) is 15.8 Å². The maximum Gasteiger partial charge on any atom is 0.271 e. The molecule has 2 heterocycles. The van der Waals surface area contributed by atoms with Gasteiger partial charge in [-0.2, -0.15) is 5.10 Å². The minimum atomic E-state index is -0.473. The van der Waals surface area contributed by atoms with Gasteiger partial charge >= 0.3 is 0 Å². The van der Waals surface area contributed by atoms with E-state index in [2.05, 4.69) is 5.10 Å². The van der Waals surface area contributed by atoms with Crippen LogP contribution in [0.3, 0.4) is 0 Å². The summed E-state index contributed by atoms with van der Waals surface area (Å²) in [6.07, 6.45) is 2.11. The number of nitro groups is 1. The zero-order chi connectivity index (χ0) is 19.1. The van der Waals surface area contributed by atoms with Gasteiger partial charge in [-0.3, -0.25) is 14.9 Å². The van der Waals surface area contributed by atoms with Crippen molar-refractivity contribution in [3.63, 3.8) is 0 Å². The van der Waals surface area contributed by atoms with E-state index in [0.29, 0.717) is 35.6 Å². The number of nitrogens with zero attached hydrogens (tertiary/aromatic N) is 4. The zero-order valence-electron chi connectivity index (χ0n) is 14.4. The third-order valence-corrected chi connectivity index (χ3v) is 4.73. The van der Waals surface area contributed by atoms with Crippen molar-refractivity contribution in [2.45, 2.75) is 13.3 Å². The Morgan fingerprint density at radius 3 is 2.67 bits per heavy atom. The highest BCUT2D eigenvalue weighted by Crippen LogP contribution is 2.33. The molecule has 1 amide bonds. The summed E-state index contributed by atoms with van der Waals surface area (Å²) in [6, 6.07) is 10.4. The summed E-state index contributed by atoms with van der Waals surface area (Å²) in [5.41, 5.74) is 3.07. The quantitative estimate of drug-likeness (QED) is 0.525. The molecule has 1 aliphatic rings. The van der Waals surface area contributed by atoms with Gasteiger partial charge in [-0.1, -0.05) is 6.07 Å². The Morgan fingerprint density at radius 2 is 1.96 bits per heavy atom. The number of carbonyl (C=O) groups excluding carboxylic acids is 1. The number of amides is 1. The second kappa shape index (κ2) is 6.31. The first-order valence-electron chi connectivity index (χ1n) is 8.35. The van der Waals surface area contributed by atoms with Crippen LogP contribution in [-0.2, 0) is 6.42 Å². The van der Waals surface area contributed by atoms with Crippen LogP contribution in [0.15, 0.2) is 48.7 Å². The molecule has 136 valence electrons. The van der Waals surface area contributed by atoms with Crippen molar-refractivity contribution in [2.75, 3.05) is 11.4 Å². The Bertz CT molecular complexity index is 1060. The molecular formula is C19H15FN4O3. The lowest BCUT2D eigenvalue weighted by atomic mass is 10.1. The molecule has 27 heavy (non-hydrogen) atoms. The molecule has 0 atom stereocenters. The van der Waals surface area contributed by atoms with Crippen LogP contribution in [-0.4, -0.2) is 27.2 Å². The number of fused-ring (bicyclic) bond motifs is 1. The largest absolute Gasteiger partial charge is 0.307 e. The van der Waals surface area contributed by atoms with Crippen molar-refractivity contribution in [1.29, 1.82) is 0 Å². The van der Waals surface area contributed by atoms with Gasteiger partial charge < -0.3 is 4.90 Å². The van der Waals surface area contributed by atoms with Crippen molar-refractivity contribution in [3.8, 4) is 5.69 Å². The van der Waals surface area contributed by atoms with Crippen molar-refractivity contribution in [1.82, 2.24) is 9.78 Å². The third-order valence-electron chi connectivity index (χ3n) is 4.73. The summed E-state index contributed by atoms with van der Waals surface area (Å²) >= 11 is 0. The molecule has 4 rings (SSSR count). The molecule has 0 aliphatic carbocycles. The van der Waals surface area contributed by atoms with Crippen LogP contribution in [0.1, 0.15) is 21.6 Å².